The van der Waals surface area contributed by atoms with E-state index in [0.717, 1.165) is 12.1 Å². The lowest BCUT2D eigenvalue weighted by molar-refractivity contribution is 0.0680. The zero-order valence-electron chi connectivity index (χ0n) is 16.6. The van der Waals surface area contributed by atoms with Crippen LogP contribution in [0.25, 0.3) is 0 Å². The van der Waals surface area contributed by atoms with Crippen LogP contribution in [0.5, 0.6) is 0 Å². The van der Waals surface area contributed by atoms with Crippen molar-refractivity contribution >= 4 is 17.5 Å². The SMILES string of the molecule is COCCN(Cc1ccccc1Cl)C(=O)c1ccc(CN2CCCCC2)cc1. The molecule has 0 atom stereocenters. The van der Waals surface area contributed by atoms with E-state index >= 15 is 0 Å². The summed E-state index contributed by atoms with van der Waals surface area (Å²) in [4.78, 5) is 17.4. The first-order valence-electron chi connectivity index (χ1n) is 10.0. The van der Waals surface area contributed by atoms with Crippen LogP contribution in [0.15, 0.2) is 48.5 Å². The fraction of sp³-hybridized carbons (Fsp3) is 0.435. The Balaban J connectivity index is 1.68. The Hall–Kier alpha value is -1.88. The predicted molar refractivity (Wildman–Crippen MR) is 114 cm³/mol. The molecule has 1 aliphatic heterocycles. The molecule has 0 bridgehead atoms. The summed E-state index contributed by atoms with van der Waals surface area (Å²) in [6.07, 6.45) is 3.91. The minimum absolute atomic E-state index is 0.00138. The highest BCUT2D eigenvalue weighted by molar-refractivity contribution is 6.31. The Kier molecular flexibility index (Phi) is 7.90. The summed E-state index contributed by atoms with van der Waals surface area (Å²) in [6.45, 7) is 4.78. The van der Waals surface area contributed by atoms with Crippen molar-refractivity contribution in [2.45, 2.75) is 32.4 Å². The summed E-state index contributed by atoms with van der Waals surface area (Å²) < 4.78 is 5.20. The standard InChI is InChI=1S/C23H29ClN2O2/c1-28-16-15-26(18-21-7-3-4-8-22(21)24)23(27)20-11-9-19(10-12-20)17-25-13-5-2-6-14-25/h3-4,7-12H,2,5-6,13-18H2,1H3. The van der Waals surface area contributed by atoms with Gasteiger partial charge >= 0.3 is 0 Å². The second kappa shape index (κ2) is 10.6. The molecule has 2 aromatic carbocycles. The lowest BCUT2D eigenvalue weighted by Gasteiger charge is -2.26. The number of hydrogen-bond acceptors (Lipinski definition) is 3. The summed E-state index contributed by atoms with van der Waals surface area (Å²) in [5.41, 5.74) is 2.90. The summed E-state index contributed by atoms with van der Waals surface area (Å²) in [7, 11) is 1.65. The molecule has 0 aromatic heterocycles. The van der Waals surface area contributed by atoms with E-state index in [0.29, 0.717) is 30.3 Å². The zero-order chi connectivity index (χ0) is 19.8. The summed E-state index contributed by atoms with van der Waals surface area (Å²) >= 11 is 6.29. The molecule has 0 saturated carbocycles. The van der Waals surface area contributed by atoms with Crippen LogP contribution in [-0.4, -0.2) is 49.1 Å². The van der Waals surface area contributed by atoms with Gasteiger partial charge in [0.25, 0.3) is 5.91 Å². The van der Waals surface area contributed by atoms with Gasteiger partial charge in [0, 0.05) is 37.3 Å². The van der Waals surface area contributed by atoms with Crippen molar-refractivity contribution in [3.63, 3.8) is 0 Å². The van der Waals surface area contributed by atoms with Gasteiger partial charge in [-0.05, 0) is 55.3 Å². The maximum atomic E-state index is 13.1. The van der Waals surface area contributed by atoms with Crippen LogP contribution >= 0.6 is 11.6 Å². The van der Waals surface area contributed by atoms with Crippen LogP contribution in [0.3, 0.4) is 0 Å². The molecule has 3 rings (SSSR count). The van der Waals surface area contributed by atoms with Gasteiger partial charge in [0.05, 0.1) is 6.61 Å². The highest BCUT2D eigenvalue weighted by Gasteiger charge is 2.17. The van der Waals surface area contributed by atoms with Crippen molar-refractivity contribution in [1.82, 2.24) is 9.80 Å². The van der Waals surface area contributed by atoms with Crippen LogP contribution in [0.4, 0.5) is 0 Å². The van der Waals surface area contributed by atoms with Crippen molar-refractivity contribution in [3.8, 4) is 0 Å². The molecule has 28 heavy (non-hydrogen) atoms. The lowest BCUT2D eigenvalue weighted by atomic mass is 10.1. The molecule has 5 heteroatoms. The Bertz CT molecular complexity index is 757. The number of hydrogen-bond donors (Lipinski definition) is 0. The Morgan fingerprint density at radius 1 is 1.07 bits per heavy atom. The van der Waals surface area contributed by atoms with Crippen molar-refractivity contribution < 1.29 is 9.53 Å². The third-order valence-electron chi connectivity index (χ3n) is 5.23. The topological polar surface area (TPSA) is 32.8 Å². The van der Waals surface area contributed by atoms with E-state index < -0.39 is 0 Å². The second-order valence-corrected chi connectivity index (χ2v) is 7.75. The van der Waals surface area contributed by atoms with Crippen molar-refractivity contribution in [2.24, 2.45) is 0 Å². The molecule has 1 heterocycles. The molecule has 1 fully saturated rings. The molecular weight excluding hydrogens is 372 g/mol. The van der Waals surface area contributed by atoms with Gasteiger partial charge in [-0.2, -0.15) is 0 Å². The van der Waals surface area contributed by atoms with Crippen LogP contribution in [0, 0.1) is 0 Å². The molecule has 0 unspecified atom stereocenters. The van der Waals surface area contributed by atoms with E-state index in [9.17, 15) is 4.79 Å². The normalized spacial score (nSPS) is 14.8. The molecule has 0 spiro atoms. The fourth-order valence-electron chi connectivity index (χ4n) is 3.60. The molecule has 2 aromatic rings. The smallest absolute Gasteiger partial charge is 0.254 e. The fourth-order valence-corrected chi connectivity index (χ4v) is 3.79. The minimum atomic E-state index is 0.00138. The number of amides is 1. The number of methoxy groups -OCH3 is 1. The average Bonchev–Trinajstić information content (AvgIpc) is 2.73. The minimum Gasteiger partial charge on any atom is -0.383 e. The van der Waals surface area contributed by atoms with Crippen LogP contribution < -0.4 is 0 Å². The van der Waals surface area contributed by atoms with E-state index in [4.69, 9.17) is 16.3 Å². The second-order valence-electron chi connectivity index (χ2n) is 7.34. The van der Waals surface area contributed by atoms with Gasteiger partial charge in [-0.25, -0.2) is 0 Å². The number of piperidine rings is 1. The Morgan fingerprint density at radius 2 is 1.79 bits per heavy atom. The molecule has 0 radical (unpaired) electrons. The number of likely N-dealkylation sites (tertiary alicyclic amines) is 1. The van der Waals surface area contributed by atoms with Crippen LogP contribution in [0.1, 0.15) is 40.7 Å². The Labute approximate surface area is 173 Å². The number of halogens is 1. The summed E-state index contributed by atoms with van der Waals surface area (Å²) in [5, 5.41) is 0.676. The van der Waals surface area contributed by atoms with E-state index in [1.165, 1.54) is 37.9 Å². The molecular formula is C23H29ClN2O2. The first-order chi connectivity index (χ1) is 13.7. The maximum absolute atomic E-state index is 13.1. The van der Waals surface area contributed by atoms with Gasteiger partial charge in [-0.3, -0.25) is 9.69 Å². The number of nitrogens with zero attached hydrogens (tertiary/aromatic N) is 2. The molecule has 150 valence electrons. The highest BCUT2D eigenvalue weighted by atomic mass is 35.5. The number of carbonyl (C=O) groups excluding carboxylic acids is 1. The lowest BCUT2D eigenvalue weighted by Crippen LogP contribution is -2.33. The Morgan fingerprint density at radius 3 is 2.46 bits per heavy atom. The summed E-state index contributed by atoms with van der Waals surface area (Å²) in [6, 6.07) is 15.7. The first-order valence-corrected chi connectivity index (χ1v) is 10.4. The zero-order valence-corrected chi connectivity index (χ0v) is 17.3. The number of rotatable bonds is 8. The van der Waals surface area contributed by atoms with E-state index in [1.807, 2.05) is 36.4 Å². The molecule has 0 aliphatic carbocycles. The van der Waals surface area contributed by atoms with Gasteiger partial charge in [-0.15, -0.1) is 0 Å². The van der Waals surface area contributed by atoms with E-state index in [1.54, 1.807) is 12.0 Å². The first kappa shape index (κ1) is 20.8. The highest BCUT2D eigenvalue weighted by Crippen LogP contribution is 2.19. The molecule has 1 amide bonds. The van der Waals surface area contributed by atoms with Gasteiger partial charge in [0.15, 0.2) is 0 Å². The monoisotopic (exact) mass is 400 g/mol. The van der Waals surface area contributed by atoms with Crippen molar-refractivity contribution in [3.05, 3.63) is 70.2 Å². The van der Waals surface area contributed by atoms with Gasteiger partial charge in [-0.1, -0.05) is 48.4 Å². The third-order valence-corrected chi connectivity index (χ3v) is 5.60. The average molecular weight is 401 g/mol. The van der Waals surface area contributed by atoms with Gasteiger partial charge < -0.3 is 9.64 Å². The number of carbonyl (C=O) groups is 1. The van der Waals surface area contributed by atoms with E-state index in [2.05, 4.69) is 17.0 Å². The van der Waals surface area contributed by atoms with Gasteiger partial charge in [0.2, 0.25) is 0 Å². The third kappa shape index (κ3) is 5.81. The van der Waals surface area contributed by atoms with Crippen molar-refractivity contribution in [1.29, 1.82) is 0 Å². The number of ether oxygens (including phenoxy) is 1. The maximum Gasteiger partial charge on any atom is 0.254 e. The molecule has 1 aliphatic rings. The van der Waals surface area contributed by atoms with Crippen LogP contribution in [-0.2, 0) is 17.8 Å². The summed E-state index contributed by atoms with van der Waals surface area (Å²) in [5.74, 6) is 0.00138. The molecule has 1 saturated heterocycles. The van der Waals surface area contributed by atoms with Crippen LogP contribution in [0.2, 0.25) is 5.02 Å². The number of benzene rings is 2. The van der Waals surface area contributed by atoms with Gasteiger partial charge in [0.1, 0.15) is 0 Å². The van der Waals surface area contributed by atoms with Crippen molar-refractivity contribution in [2.75, 3.05) is 33.4 Å². The predicted octanol–water partition coefficient (Wildman–Crippen LogP) is 4.61. The van der Waals surface area contributed by atoms with E-state index in [-0.39, 0.29) is 5.91 Å². The molecule has 4 nitrogen and oxygen atoms in total. The molecule has 0 N–H and O–H groups in total. The largest absolute Gasteiger partial charge is 0.383 e. The quantitative estimate of drug-likeness (QED) is 0.648.